The van der Waals surface area contributed by atoms with Crippen LogP contribution in [0.4, 0.5) is 4.39 Å². The fourth-order valence-corrected chi connectivity index (χ4v) is 2.80. The molecule has 146 valence electrons. The standard InChI is InChI=1S/C21H26FNO3S/c1-21(2,3)27(24)23-14-18-13-19(22)8-7-17(18)11-12-26-15-16-5-9-20(25-4)10-6-16/h5-10,13-14H,11-12,15H2,1-4H3. The second kappa shape index (κ2) is 9.88. The molecular formula is C21H26FNO3S. The predicted octanol–water partition coefficient (Wildman–Crippen LogP) is 4.47. The van der Waals surface area contributed by atoms with Crippen LogP contribution in [0.25, 0.3) is 0 Å². The summed E-state index contributed by atoms with van der Waals surface area (Å²) in [5.41, 5.74) is 2.58. The Balaban J connectivity index is 1.94. The van der Waals surface area contributed by atoms with E-state index in [4.69, 9.17) is 9.47 Å². The molecule has 0 amide bonds. The van der Waals surface area contributed by atoms with Gasteiger partial charge in [0.05, 0.1) is 26.5 Å². The molecular weight excluding hydrogens is 365 g/mol. The topological polar surface area (TPSA) is 53.9 Å². The van der Waals surface area contributed by atoms with Gasteiger partial charge in [-0.25, -0.2) is 4.39 Å². The molecule has 0 heterocycles. The Labute approximate surface area is 163 Å². The first-order chi connectivity index (χ1) is 12.8. The first-order valence-corrected chi connectivity index (χ1v) is 9.85. The van der Waals surface area contributed by atoms with Gasteiger partial charge >= 0.3 is 0 Å². The fraction of sp³-hybridized carbons (Fsp3) is 0.381. The Morgan fingerprint density at radius 3 is 2.48 bits per heavy atom. The maximum Gasteiger partial charge on any atom is 0.144 e. The van der Waals surface area contributed by atoms with Gasteiger partial charge in [0.15, 0.2) is 0 Å². The number of hydrogen-bond acceptors (Lipinski definition) is 4. The third kappa shape index (κ3) is 6.97. The normalized spacial score (nSPS) is 13.1. The first-order valence-electron chi connectivity index (χ1n) is 8.75. The van der Waals surface area contributed by atoms with E-state index in [9.17, 15) is 8.94 Å². The minimum Gasteiger partial charge on any atom is -0.591 e. The van der Waals surface area contributed by atoms with Crippen molar-refractivity contribution in [3.63, 3.8) is 0 Å². The average molecular weight is 392 g/mol. The molecule has 6 heteroatoms. The minimum absolute atomic E-state index is 0.346. The zero-order valence-electron chi connectivity index (χ0n) is 16.2. The molecule has 0 fully saturated rings. The number of rotatable bonds is 8. The van der Waals surface area contributed by atoms with E-state index in [-0.39, 0.29) is 5.82 Å². The molecule has 1 unspecified atom stereocenters. The molecule has 0 aliphatic heterocycles. The van der Waals surface area contributed by atoms with Gasteiger partial charge in [0, 0.05) is 5.56 Å². The lowest BCUT2D eigenvalue weighted by Gasteiger charge is -2.17. The monoisotopic (exact) mass is 391 g/mol. The van der Waals surface area contributed by atoms with Crippen LogP contribution in [-0.4, -0.2) is 29.2 Å². The zero-order valence-corrected chi connectivity index (χ0v) is 17.0. The summed E-state index contributed by atoms with van der Waals surface area (Å²) < 4.78 is 40.2. The molecule has 2 aromatic carbocycles. The zero-order chi connectivity index (χ0) is 19.9. The first kappa shape index (κ1) is 21.4. The molecule has 2 rings (SSSR count). The van der Waals surface area contributed by atoms with Gasteiger partial charge < -0.3 is 14.0 Å². The van der Waals surface area contributed by atoms with Crippen molar-refractivity contribution in [1.82, 2.24) is 0 Å². The number of benzene rings is 2. The van der Waals surface area contributed by atoms with Crippen LogP contribution in [0.5, 0.6) is 5.75 Å². The Morgan fingerprint density at radius 2 is 1.85 bits per heavy atom. The van der Waals surface area contributed by atoms with Crippen molar-refractivity contribution in [2.45, 2.75) is 38.5 Å². The fourth-order valence-electron chi connectivity index (χ4n) is 2.27. The van der Waals surface area contributed by atoms with Crippen molar-refractivity contribution in [2.75, 3.05) is 13.7 Å². The second-order valence-electron chi connectivity index (χ2n) is 7.09. The van der Waals surface area contributed by atoms with Gasteiger partial charge in [-0.15, -0.1) is 0 Å². The molecule has 27 heavy (non-hydrogen) atoms. The summed E-state index contributed by atoms with van der Waals surface area (Å²) in [5, 5.41) is 0. The second-order valence-corrected chi connectivity index (χ2v) is 9.02. The maximum atomic E-state index is 13.6. The van der Waals surface area contributed by atoms with E-state index in [0.29, 0.717) is 25.2 Å². The average Bonchev–Trinajstić information content (AvgIpc) is 2.64. The number of halogens is 1. The van der Waals surface area contributed by atoms with Crippen LogP contribution in [-0.2, 0) is 29.1 Å². The van der Waals surface area contributed by atoms with Crippen LogP contribution in [0, 0.1) is 5.82 Å². The van der Waals surface area contributed by atoms with Crippen LogP contribution in [0.15, 0.2) is 46.9 Å². The van der Waals surface area contributed by atoms with Crippen LogP contribution in [0.1, 0.15) is 37.5 Å². The van der Waals surface area contributed by atoms with Gasteiger partial charge in [0.1, 0.15) is 27.7 Å². The van der Waals surface area contributed by atoms with E-state index >= 15 is 0 Å². The van der Waals surface area contributed by atoms with Crippen molar-refractivity contribution in [3.05, 3.63) is 65.0 Å². The summed E-state index contributed by atoms with van der Waals surface area (Å²) in [7, 11) is 1.63. The molecule has 0 spiro atoms. The molecule has 2 aromatic rings. The predicted molar refractivity (Wildman–Crippen MR) is 108 cm³/mol. The van der Waals surface area contributed by atoms with E-state index in [1.54, 1.807) is 13.2 Å². The highest BCUT2D eigenvalue weighted by atomic mass is 32.2. The van der Waals surface area contributed by atoms with Gasteiger partial charge in [-0.3, -0.25) is 0 Å². The molecule has 0 aliphatic rings. The van der Waals surface area contributed by atoms with Crippen LogP contribution in [0.2, 0.25) is 0 Å². The lowest BCUT2D eigenvalue weighted by molar-refractivity contribution is 0.124. The lowest BCUT2D eigenvalue weighted by atomic mass is 10.1. The Bertz CT molecular complexity index is 757. The van der Waals surface area contributed by atoms with Crippen molar-refractivity contribution >= 4 is 17.6 Å². The molecule has 0 saturated heterocycles. The summed E-state index contributed by atoms with van der Waals surface area (Å²) in [6.07, 6.45) is 2.10. The Morgan fingerprint density at radius 1 is 1.15 bits per heavy atom. The summed E-state index contributed by atoms with van der Waals surface area (Å²) >= 11 is -1.38. The van der Waals surface area contributed by atoms with Crippen LogP contribution in [0.3, 0.4) is 0 Å². The van der Waals surface area contributed by atoms with Crippen molar-refractivity contribution < 1.29 is 18.4 Å². The quantitative estimate of drug-likeness (QED) is 0.379. The van der Waals surface area contributed by atoms with Crippen LogP contribution >= 0.6 is 0 Å². The largest absolute Gasteiger partial charge is 0.591 e. The highest BCUT2D eigenvalue weighted by molar-refractivity contribution is 7.91. The van der Waals surface area contributed by atoms with Gasteiger partial charge in [-0.2, -0.15) is 0 Å². The van der Waals surface area contributed by atoms with E-state index in [1.807, 2.05) is 45.0 Å². The summed E-state index contributed by atoms with van der Waals surface area (Å²) in [6, 6.07) is 12.2. The van der Waals surface area contributed by atoms with Crippen molar-refractivity contribution in [1.29, 1.82) is 0 Å². The number of hydrogen-bond donors (Lipinski definition) is 0. The van der Waals surface area contributed by atoms with Crippen molar-refractivity contribution in [3.8, 4) is 5.75 Å². The molecule has 0 aliphatic carbocycles. The molecule has 4 nitrogen and oxygen atoms in total. The third-order valence-electron chi connectivity index (χ3n) is 3.86. The van der Waals surface area contributed by atoms with Crippen LogP contribution < -0.4 is 4.74 Å². The number of ether oxygens (including phenoxy) is 2. The molecule has 0 radical (unpaired) electrons. The molecule has 0 aromatic heterocycles. The maximum absolute atomic E-state index is 13.6. The number of nitrogens with zero attached hydrogens (tertiary/aromatic N) is 1. The third-order valence-corrected chi connectivity index (χ3v) is 5.21. The number of methoxy groups -OCH3 is 1. The van der Waals surface area contributed by atoms with E-state index in [0.717, 1.165) is 16.9 Å². The van der Waals surface area contributed by atoms with Gasteiger partial charge in [0.25, 0.3) is 0 Å². The van der Waals surface area contributed by atoms with Gasteiger partial charge in [0.2, 0.25) is 0 Å². The smallest absolute Gasteiger partial charge is 0.144 e. The highest BCUT2D eigenvalue weighted by Gasteiger charge is 2.25. The molecule has 0 N–H and O–H groups in total. The highest BCUT2D eigenvalue weighted by Crippen LogP contribution is 2.18. The van der Waals surface area contributed by atoms with E-state index in [1.165, 1.54) is 18.3 Å². The van der Waals surface area contributed by atoms with Crippen molar-refractivity contribution in [2.24, 2.45) is 4.40 Å². The summed E-state index contributed by atoms with van der Waals surface area (Å²) in [5.74, 6) is 0.461. The summed E-state index contributed by atoms with van der Waals surface area (Å²) in [4.78, 5) is 0. The minimum atomic E-state index is -1.38. The molecule has 1 atom stereocenters. The van der Waals surface area contributed by atoms with E-state index < -0.39 is 16.1 Å². The van der Waals surface area contributed by atoms with E-state index in [2.05, 4.69) is 4.40 Å². The molecule has 0 saturated carbocycles. The lowest BCUT2D eigenvalue weighted by Crippen LogP contribution is -2.25. The molecule has 0 bridgehead atoms. The Kier molecular flexibility index (Phi) is 7.83. The van der Waals surface area contributed by atoms with Gasteiger partial charge in [-0.05, 0) is 62.6 Å². The van der Waals surface area contributed by atoms with Gasteiger partial charge in [-0.1, -0.05) is 22.6 Å². The SMILES string of the molecule is COc1ccc(COCCc2ccc(F)cc2C=N[S+]([O-])C(C)(C)C)cc1. The Hall–Kier alpha value is -1.89. The summed E-state index contributed by atoms with van der Waals surface area (Å²) in [6.45, 7) is 6.52.